The molecule has 0 aromatic rings. The predicted octanol–water partition coefficient (Wildman–Crippen LogP) is 3.15. The van der Waals surface area contributed by atoms with E-state index >= 15 is 0 Å². The van der Waals surface area contributed by atoms with Crippen molar-refractivity contribution in [2.24, 2.45) is 0 Å². The molecule has 0 heterocycles. The van der Waals surface area contributed by atoms with Crippen molar-refractivity contribution in [3.8, 4) is 0 Å². The molecule has 0 atom stereocenters. The highest BCUT2D eigenvalue weighted by Gasteiger charge is 2.56. The molecule has 0 spiro atoms. The fourth-order valence-electron chi connectivity index (χ4n) is 0.382. The molecule has 0 amide bonds. The minimum Gasteiger partial charge on any atom is -0.196 e. The van der Waals surface area contributed by atoms with Crippen LogP contribution in [0.1, 0.15) is 13.3 Å². The van der Waals surface area contributed by atoms with Gasteiger partial charge in [-0.2, -0.15) is 22.0 Å². The van der Waals surface area contributed by atoms with Gasteiger partial charge >= 0.3 is 12.1 Å². The summed E-state index contributed by atoms with van der Waals surface area (Å²) in [6.07, 6.45) is -4.79. The van der Waals surface area contributed by atoms with Crippen LogP contribution in [-0.2, 0) is 0 Å². The van der Waals surface area contributed by atoms with Crippen LogP contribution in [0.2, 0.25) is 0 Å². The first-order chi connectivity index (χ1) is 4.81. The third-order valence-electron chi connectivity index (χ3n) is 1.02. The van der Waals surface area contributed by atoms with Crippen LogP contribution in [0.4, 0.5) is 22.0 Å². The normalized spacial score (nSPS) is 14.4. The van der Waals surface area contributed by atoms with Gasteiger partial charge in [0.25, 0.3) is 0 Å². The molecule has 0 saturated carbocycles. The Kier molecular flexibility index (Phi) is 3.02. The van der Waals surface area contributed by atoms with Gasteiger partial charge < -0.3 is 0 Å². The second-order valence-electron chi connectivity index (χ2n) is 1.98. The molecule has 0 aromatic carbocycles. The van der Waals surface area contributed by atoms with Crippen LogP contribution in [0.5, 0.6) is 0 Å². The number of halogens is 5. The monoisotopic (exact) mass is 174 g/mol. The first kappa shape index (κ1) is 10.4. The van der Waals surface area contributed by atoms with Crippen molar-refractivity contribution in [2.75, 3.05) is 0 Å². The van der Waals surface area contributed by atoms with E-state index in [9.17, 15) is 22.0 Å². The third-order valence-corrected chi connectivity index (χ3v) is 1.02. The van der Waals surface area contributed by atoms with E-state index in [-0.39, 0.29) is 0 Å². The number of hydrogen-bond donors (Lipinski definition) is 0. The first-order valence-electron chi connectivity index (χ1n) is 2.87. The minimum atomic E-state index is -5.44. The summed E-state index contributed by atoms with van der Waals surface area (Å²) in [5, 5.41) is 0. The van der Waals surface area contributed by atoms with E-state index in [1.54, 1.807) is 0 Å². The Bertz CT molecular complexity index is 144. The van der Waals surface area contributed by atoms with Crippen LogP contribution >= 0.6 is 0 Å². The molecule has 0 saturated heterocycles. The highest BCUT2D eigenvalue weighted by molar-refractivity contribution is 4.88. The molecular weight excluding hydrogens is 167 g/mol. The Morgan fingerprint density at radius 1 is 1.09 bits per heavy atom. The Balaban J connectivity index is 4.22. The summed E-state index contributed by atoms with van der Waals surface area (Å²) in [6.45, 7) is 1.38. The predicted molar refractivity (Wildman–Crippen MR) is 30.4 cm³/mol. The molecule has 0 nitrogen and oxygen atoms in total. The summed E-state index contributed by atoms with van der Waals surface area (Å²) < 4.78 is 58.0. The average Bonchev–Trinajstić information content (AvgIpc) is 1.81. The van der Waals surface area contributed by atoms with Gasteiger partial charge in [-0.15, -0.1) is 0 Å². The van der Waals surface area contributed by atoms with Crippen LogP contribution < -0.4 is 0 Å². The largest absolute Gasteiger partial charge is 0.453 e. The Labute approximate surface area is 60.7 Å². The third kappa shape index (κ3) is 2.86. The summed E-state index contributed by atoms with van der Waals surface area (Å²) in [6, 6.07) is 0. The summed E-state index contributed by atoms with van der Waals surface area (Å²) in [5.41, 5.74) is 0. The maximum absolute atomic E-state index is 11.9. The standard InChI is InChI=1S/C6H7F5/c1-2-3-4-5(7,8)6(9,10)11/h2-3H,4H2,1H3. The molecule has 0 unspecified atom stereocenters. The smallest absolute Gasteiger partial charge is 0.196 e. The van der Waals surface area contributed by atoms with E-state index < -0.39 is 18.5 Å². The molecule has 11 heavy (non-hydrogen) atoms. The van der Waals surface area contributed by atoms with Gasteiger partial charge in [0.2, 0.25) is 0 Å². The Hall–Kier alpha value is -0.610. The van der Waals surface area contributed by atoms with Crippen LogP contribution in [0.25, 0.3) is 0 Å². The van der Waals surface area contributed by atoms with E-state index in [0.29, 0.717) is 0 Å². The van der Waals surface area contributed by atoms with E-state index in [1.807, 2.05) is 0 Å². The fourth-order valence-corrected chi connectivity index (χ4v) is 0.382. The average molecular weight is 174 g/mol. The van der Waals surface area contributed by atoms with Crippen molar-refractivity contribution in [3.63, 3.8) is 0 Å². The highest BCUT2D eigenvalue weighted by Crippen LogP contribution is 2.38. The van der Waals surface area contributed by atoms with Gasteiger partial charge in [0.1, 0.15) is 0 Å². The summed E-state index contributed by atoms with van der Waals surface area (Å²) >= 11 is 0. The minimum absolute atomic E-state index is 0.785. The van der Waals surface area contributed by atoms with Crippen LogP contribution in [0, 0.1) is 0 Å². The molecular formula is C6H7F5. The molecule has 0 rings (SSSR count). The zero-order valence-corrected chi connectivity index (χ0v) is 5.75. The van der Waals surface area contributed by atoms with Gasteiger partial charge in [-0.1, -0.05) is 12.2 Å². The molecule has 0 fully saturated rings. The molecule has 66 valence electrons. The van der Waals surface area contributed by atoms with Crippen molar-refractivity contribution < 1.29 is 22.0 Å². The molecule has 0 bridgehead atoms. The Morgan fingerprint density at radius 2 is 1.55 bits per heavy atom. The number of alkyl halides is 5. The lowest BCUT2D eigenvalue weighted by atomic mass is 10.2. The maximum atomic E-state index is 11.9. The molecule has 0 aromatic heterocycles. The SMILES string of the molecule is CC=CCC(F)(F)C(F)(F)F. The molecule has 0 N–H and O–H groups in total. The van der Waals surface area contributed by atoms with E-state index in [4.69, 9.17) is 0 Å². The van der Waals surface area contributed by atoms with Gasteiger partial charge in [-0.05, 0) is 6.92 Å². The van der Waals surface area contributed by atoms with Gasteiger partial charge in [0.05, 0.1) is 0 Å². The van der Waals surface area contributed by atoms with E-state index in [0.717, 1.165) is 12.2 Å². The number of hydrogen-bond acceptors (Lipinski definition) is 0. The van der Waals surface area contributed by atoms with Gasteiger partial charge in [0, 0.05) is 6.42 Å². The van der Waals surface area contributed by atoms with Crippen molar-refractivity contribution in [3.05, 3.63) is 12.2 Å². The second-order valence-corrected chi connectivity index (χ2v) is 1.98. The topological polar surface area (TPSA) is 0 Å². The molecule has 0 aliphatic rings. The van der Waals surface area contributed by atoms with Crippen molar-refractivity contribution in [1.82, 2.24) is 0 Å². The number of rotatable bonds is 2. The van der Waals surface area contributed by atoms with Gasteiger partial charge in [-0.3, -0.25) is 0 Å². The van der Waals surface area contributed by atoms with Crippen molar-refractivity contribution in [2.45, 2.75) is 25.4 Å². The lowest BCUT2D eigenvalue weighted by molar-refractivity contribution is -0.280. The van der Waals surface area contributed by atoms with Crippen LogP contribution in [0.15, 0.2) is 12.2 Å². The van der Waals surface area contributed by atoms with Crippen molar-refractivity contribution >= 4 is 0 Å². The fraction of sp³-hybridized carbons (Fsp3) is 0.667. The Morgan fingerprint density at radius 3 is 1.82 bits per heavy atom. The van der Waals surface area contributed by atoms with E-state index in [1.165, 1.54) is 6.92 Å². The van der Waals surface area contributed by atoms with Crippen LogP contribution in [-0.4, -0.2) is 12.1 Å². The molecule has 0 aliphatic heterocycles. The zero-order valence-electron chi connectivity index (χ0n) is 5.75. The van der Waals surface area contributed by atoms with E-state index in [2.05, 4.69) is 0 Å². The van der Waals surface area contributed by atoms with Crippen molar-refractivity contribution in [1.29, 1.82) is 0 Å². The summed E-state index contributed by atoms with van der Waals surface area (Å²) in [7, 11) is 0. The second kappa shape index (κ2) is 3.19. The van der Waals surface area contributed by atoms with Gasteiger partial charge in [0.15, 0.2) is 0 Å². The summed E-state index contributed by atoms with van der Waals surface area (Å²) in [4.78, 5) is 0. The lowest BCUT2D eigenvalue weighted by Gasteiger charge is -2.17. The summed E-state index contributed by atoms with van der Waals surface area (Å²) in [5.74, 6) is -4.60. The van der Waals surface area contributed by atoms with Crippen LogP contribution in [0.3, 0.4) is 0 Å². The molecule has 5 heteroatoms. The number of allylic oxidation sites excluding steroid dienone is 2. The molecule has 0 aliphatic carbocycles. The zero-order chi connectivity index (χ0) is 9.12. The first-order valence-corrected chi connectivity index (χ1v) is 2.87. The molecule has 0 radical (unpaired) electrons. The highest BCUT2D eigenvalue weighted by atomic mass is 19.4. The van der Waals surface area contributed by atoms with Gasteiger partial charge in [-0.25, -0.2) is 0 Å². The quantitative estimate of drug-likeness (QED) is 0.445. The maximum Gasteiger partial charge on any atom is 0.453 e. The lowest BCUT2D eigenvalue weighted by Crippen LogP contribution is -2.35.